The van der Waals surface area contributed by atoms with Gasteiger partial charge in [-0.3, -0.25) is 0 Å². The summed E-state index contributed by atoms with van der Waals surface area (Å²) < 4.78 is 13.5. The molecule has 0 radical (unpaired) electrons. The van der Waals surface area contributed by atoms with Crippen molar-refractivity contribution in [2.24, 2.45) is 0 Å². The van der Waals surface area contributed by atoms with Crippen LogP contribution < -0.4 is 5.32 Å². The van der Waals surface area contributed by atoms with E-state index in [0.29, 0.717) is 12.1 Å². The molecule has 0 atom stereocenters. The van der Waals surface area contributed by atoms with Crippen LogP contribution >= 0.6 is 0 Å². The molecule has 0 saturated heterocycles. The average Bonchev–Trinajstić information content (AvgIpc) is 2.50. The molecule has 2 aromatic carbocycles. The highest BCUT2D eigenvalue weighted by molar-refractivity contribution is 5.45. The Labute approximate surface area is 127 Å². The SMILES string of the molecule is CCCCCc1ccc(NCc2ccc(C)c(F)c2)cc1. The summed E-state index contributed by atoms with van der Waals surface area (Å²) in [6, 6.07) is 13.9. The molecule has 0 heterocycles. The van der Waals surface area contributed by atoms with Gasteiger partial charge in [0, 0.05) is 12.2 Å². The van der Waals surface area contributed by atoms with E-state index in [1.54, 1.807) is 13.0 Å². The summed E-state index contributed by atoms with van der Waals surface area (Å²) in [6.45, 7) is 4.65. The first-order chi connectivity index (χ1) is 10.2. The van der Waals surface area contributed by atoms with Crippen molar-refractivity contribution in [3.05, 3.63) is 65.0 Å². The molecule has 2 heteroatoms. The van der Waals surface area contributed by atoms with Crippen LogP contribution in [-0.2, 0) is 13.0 Å². The minimum Gasteiger partial charge on any atom is -0.381 e. The van der Waals surface area contributed by atoms with Crippen LogP contribution in [0.25, 0.3) is 0 Å². The molecule has 2 aromatic rings. The monoisotopic (exact) mass is 285 g/mol. The van der Waals surface area contributed by atoms with Crippen molar-refractivity contribution in [3.8, 4) is 0 Å². The van der Waals surface area contributed by atoms with Gasteiger partial charge in [0.05, 0.1) is 0 Å². The lowest BCUT2D eigenvalue weighted by atomic mass is 10.1. The van der Waals surface area contributed by atoms with Crippen LogP contribution in [0, 0.1) is 12.7 Å². The van der Waals surface area contributed by atoms with Crippen molar-refractivity contribution in [1.82, 2.24) is 0 Å². The molecule has 1 N–H and O–H groups in total. The maximum Gasteiger partial charge on any atom is 0.126 e. The van der Waals surface area contributed by atoms with Crippen LogP contribution in [0.15, 0.2) is 42.5 Å². The summed E-state index contributed by atoms with van der Waals surface area (Å²) in [6.07, 6.45) is 4.95. The topological polar surface area (TPSA) is 12.0 Å². The van der Waals surface area contributed by atoms with Gasteiger partial charge in [-0.15, -0.1) is 0 Å². The smallest absolute Gasteiger partial charge is 0.126 e. The number of rotatable bonds is 7. The van der Waals surface area contributed by atoms with Gasteiger partial charge in [-0.1, -0.05) is 44.0 Å². The van der Waals surface area contributed by atoms with Gasteiger partial charge in [0.2, 0.25) is 0 Å². The van der Waals surface area contributed by atoms with Gasteiger partial charge in [-0.25, -0.2) is 4.39 Å². The molecule has 0 aliphatic rings. The Morgan fingerprint density at radius 2 is 1.67 bits per heavy atom. The summed E-state index contributed by atoms with van der Waals surface area (Å²) in [7, 11) is 0. The predicted molar refractivity (Wildman–Crippen MR) is 88.1 cm³/mol. The van der Waals surface area contributed by atoms with Crippen molar-refractivity contribution < 1.29 is 4.39 Å². The normalized spacial score (nSPS) is 10.6. The lowest BCUT2D eigenvalue weighted by molar-refractivity contribution is 0.616. The number of anilines is 1. The van der Waals surface area contributed by atoms with E-state index in [9.17, 15) is 4.39 Å². The molecular formula is C19H24FN. The number of nitrogens with one attached hydrogen (secondary N) is 1. The Hall–Kier alpha value is -1.83. The molecular weight excluding hydrogens is 261 g/mol. The van der Waals surface area contributed by atoms with E-state index in [0.717, 1.165) is 17.7 Å². The van der Waals surface area contributed by atoms with Crippen molar-refractivity contribution in [3.63, 3.8) is 0 Å². The Kier molecular flexibility index (Phi) is 5.79. The minimum atomic E-state index is -0.138. The molecule has 0 aromatic heterocycles. The van der Waals surface area contributed by atoms with E-state index in [1.165, 1.54) is 24.8 Å². The zero-order chi connectivity index (χ0) is 15.1. The number of hydrogen-bond acceptors (Lipinski definition) is 1. The first-order valence-corrected chi connectivity index (χ1v) is 7.77. The number of hydrogen-bond donors (Lipinski definition) is 1. The first kappa shape index (κ1) is 15.6. The summed E-state index contributed by atoms with van der Waals surface area (Å²) in [5.74, 6) is -0.138. The summed E-state index contributed by atoms with van der Waals surface area (Å²) in [5.41, 5.74) is 4.12. The van der Waals surface area contributed by atoms with Gasteiger partial charge >= 0.3 is 0 Å². The molecule has 2 rings (SSSR count). The fourth-order valence-corrected chi connectivity index (χ4v) is 2.32. The van der Waals surface area contributed by atoms with Crippen LogP contribution in [0.3, 0.4) is 0 Å². The molecule has 0 spiro atoms. The fourth-order valence-electron chi connectivity index (χ4n) is 2.32. The number of halogens is 1. The van der Waals surface area contributed by atoms with Crippen LogP contribution in [-0.4, -0.2) is 0 Å². The van der Waals surface area contributed by atoms with Crippen LogP contribution in [0.5, 0.6) is 0 Å². The fraction of sp³-hybridized carbons (Fsp3) is 0.368. The second-order valence-electron chi connectivity index (χ2n) is 5.59. The zero-order valence-electron chi connectivity index (χ0n) is 13.0. The van der Waals surface area contributed by atoms with E-state index in [2.05, 4.69) is 36.5 Å². The van der Waals surface area contributed by atoms with Crippen LogP contribution in [0.2, 0.25) is 0 Å². The second-order valence-corrected chi connectivity index (χ2v) is 5.59. The molecule has 1 nitrogen and oxygen atoms in total. The van der Waals surface area contributed by atoms with Gasteiger partial charge in [-0.05, 0) is 54.7 Å². The Morgan fingerprint density at radius 3 is 2.33 bits per heavy atom. The van der Waals surface area contributed by atoms with Crippen molar-refractivity contribution in [1.29, 1.82) is 0 Å². The quantitative estimate of drug-likeness (QED) is 0.664. The maximum absolute atomic E-state index is 13.5. The van der Waals surface area contributed by atoms with Gasteiger partial charge < -0.3 is 5.32 Å². The summed E-state index contributed by atoms with van der Waals surface area (Å²) in [4.78, 5) is 0. The van der Waals surface area contributed by atoms with E-state index < -0.39 is 0 Å². The third-order valence-corrected chi connectivity index (χ3v) is 3.76. The molecule has 0 aliphatic carbocycles. The van der Waals surface area contributed by atoms with Crippen molar-refractivity contribution in [2.45, 2.75) is 46.1 Å². The molecule has 112 valence electrons. The average molecular weight is 285 g/mol. The highest BCUT2D eigenvalue weighted by atomic mass is 19.1. The zero-order valence-corrected chi connectivity index (χ0v) is 13.0. The number of unbranched alkanes of at least 4 members (excludes halogenated alkanes) is 2. The predicted octanol–water partition coefficient (Wildman–Crippen LogP) is 5.48. The van der Waals surface area contributed by atoms with Crippen molar-refractivity contribution in [2.75, 3.05) is 5.32 Å². The number of aryl methyl sites for hydroxylation is 2. The van der Waals surface area contributed by atoms with Gasteiger partial charge in [0.15, 0.2) is 0 Å². The van der Waals surface area contributed by atoms with Crippen LogP contribution in [0.4, 0.5) is 10.1 Å². The first-order valence-electron chi connectivity index (χ1n) is 7.77. The molecule has 0 fully saturated rings. The van der Waals surface area contributed by atoms with E-state index in [1.807, 2.05) is 12.1 Å². The maximum atomic E-state index is 13.5. The molecule has 21 heavy (non-hydrogen) atoms. The molecule has 0 unspecified atom stereocenters. The van der Waals surface area contributed by atoms with Gasteiger partial charge in [0.25, 0.3) is 0 Å². The lowest BCUT2D eigenvalue weighted by Gasteiger charge is -2.08. The van der Waals surface area contributed by atoms with Crippen molar-refractivity contribution >= 4 is 5.69 Å². The second kappa shape index (κ2) is 7.82. The summed E-state index contributed by atoms with van der Waals surface area (Å²) in [5, 5.41) is 3.34. The third kappa shape index (κ3) is 4.89. The Morgan fingerprint density at radius 1 is 0.952 bits per heavy atom. The minimum absolute atomic E-state index is 0.138. The Bertz CT molecular complexity index is 560. The number of benzene rings is 2. The standard InChI is InChI=1S/C19H24FN/c1-3-4-5-6-16-9-11-18(12-10-16)21-14-17-8-7-15(2)19(20)13-17/h7-13,21H,3-6,14H2,1-2H3. The van der Waals surface area contributed by atoms with E-state index >= 15 is 0 Å². The third-order valence-electron chi connectivity index (χ3n) is 3.76. The van der Waals surface area contributed by atoms with E-state index in [4.69, 9.17) is 0 Å². The Balaban J connectivity index is 1.86. The summed E-state index contributed by atoms with van der Waals surface area (Å²) >= 11 is 0. The molecule has 0 saturated carbocycles. The lowest BCUT2D eigenvalue weighted by Crippen LogP contribution is -2.00. The largest absolute Gasteiger partial charge is 0.381 e. The highest BCUT2D eigenvalue weighted by Crippen LogP contribution is 2.15. The van der Waals surface area contributed by atoms with Crippen LogP contribution in [0.1, 0.15) is 42.9 Å². The van der Waals surface area contributed by atoms with E-state index in [-0.39, 0.29) is 5.82 Å². The molecule has 0 amide bonds. The highest BCUT2D eigenvalue weighted by Gasteiger charge is 2.00. The molecule has 0 aliphatic heterocycles. The van der Waals surface area contributed by atoms with Gasteiger partial charge in [0.1, 0.15) is 5.82 Å². The molecule has 0 bridgehead atoms. The van der Waals surface area contributed by atoms with Gasteiger partial charge in [-0.2, -0.15) is 0 Å².